The van der Waals surface area contributed by atoms with E-state index in [-0.39, 0.29) is 10.9 Å². The lowest BCUT2D eigenvalue weighted by atomic mass is 10.2. The van der Waals surface area contributed by atoms with E-state index in [0.717, 1.165) is 0 Å². The third-order valence-electron chi connectivity index (χ3n) is 3.70. The zero-order valence-electron chi connectivity index (χ0n) is 15.2. The van der Waals surface area contributed by atoms with Crippen LogP contribution >= 0.6 is 11.8 Å². The summed E-state index contributed by atoms with van der Waals surface area (Å²) in [5.74, 6) is 0. The lowest BCUT2D eigenvalue weighted by Gasteiger charge is -2.17. The average Bonchev–Trinajstić information content (AvgIpc) is 2.49. The van der Waals surface area contributed by atoms with Crippen molar-refractivity contribution >= 4 is 22.7 Å². The van der Waals surface area contributed by atoms with E-state index in [1.165, 1.54) is 36.9 Å². The van der Waals surface area contributed by atoms with Gasteiger partial charge in [0.05, 0.1) is 10.9 Å². The Kier molecular flexibility index (Phi) is 8.28. The summed E-state index contributed by atoms with van der Waals surface area (Å²) in [5.41, 5.74) is 5.54. The van der Waals surface area contributed by atoms with Crippen LogP contribution in [0.5, 0.6) is 0 Å². The minimum atomic E-state index is -4.94. The van der Waals surface area contributed by atoms with Crippen LogP contribution in [0.4, 0.5) is 0 Å². The maximum atomic E-state index is 8.49. The molecule has 0 N–H and O–H groups in total. The fourth-order valence-electron chi connectivity index (χ4n) is 2.47. The van der Waals surface area contributed by atoms with Crippen LogP contribution in [0.25, 0.3) is 0 Å². The van der Waals surface area contributed by atoms with E-state index in [4.69, 9.17) is 18.6 Å². The molecule has 0 bridgehead atoms. The molecule has 0 radical (unpaired) electrons. The molecule has 0 fully saturated rings. The molecule has 0 aromatic heterocycles. The molecule has 0 saturated heterocycles. The lowest BCUT2D eigenvalue weighted by Crippen LogP contribution is -2.68. The second kappa shape index (κ2) is 9.28. The SMILES string of the molecule is CSc1cc(C)c([S+](C)c2cc(C)ccc2C)cc1C.[O-][Cl+3]([O-])([O-])[O-]. The van der Waals surface area contributed by atoms with Crippen LogP contribution in [-0.2, 0) is 10.9 Å². The zero-order valence-corrected chi connectivity index (χ0v) is 17.6. The van der Waals surface area contributed by atoms with E-state index in [1.54, 1.807) is 0 Å². The molecule has 0 saturated carbocycles. The van der Waals surface area contributed by atoms with Crippen molar-refractivity contribution in [1.29, 1.82) is 0 Å². The van der Waals surface area contributed by atoms with Gasteiger partial charge >= 0.3 is 0 Å². The Morgan fingerprint density at radius 2 is 1.32 bits per heavy atom. The maximum absolute atomic E-state index is 8.49. The number of benzene rings is 2. The van der Waals surface area contributed by atoms with Gasteiger partial charge in [-0.1, -0.05) is 12.1 Å². The van der Waals surface area contributed by atoms with Gasteiger partial charge in [0.15, 0.2) is 9.79 Å². The molecule has 4 nitrogen and oxygen atoms in total. The second-order valence-corrected chi connectivity index (χ2v) is 9.25. The van der Waals surface area contributed by atoms with Crippen LogP contribution < -0.4 is 18.6 Å². The fraction of sp³-hybridized carbons (Fsp3) is 0.333. The Balaban J connectivity index is 0.000000550. The molecule has 7 heteroatoms. The third-order valence-corrected chi connectivity index (χ3v) is 6.77. The molecule has 0 heterocycles. The highest BCUT2D eigenvalue weighted by Crippen LogP contribution is 2.31. The van der Waals surface area contributed by atoms with Gasteiger partial charge in [-0.05, 0) is 63.3 Å². The third kappa shape index (κ3) is 7.19. The lowest BCUT2D eigenvalue weighted by molar-refractivity contribution is -2.00. The highest BCUT2D eigenvalue weighted by molar-refractivity contribution is 7.98. The Morgan fingerprint density at radius 1 is 0.800 bits per heavy atom. The van der Waals surface area contributed by atoms with E-state index in [1.807, 2.05) is 11.8 Å². The van der Waals surface area contributed by atoms with Gasteiger partial charge < -0.3 is 0 Å². The van der Waals surface area contributed by atoms with E-state index >= 15 is 0 Å². The zero-order chi connectivity index (χ0) is 19.4. The van der Waals surface area contributed by atoms with Crippen molar-refractivity contribution in [3.05, 3.63) is 52.6 Å². The average molecular weight is 403 g/mol. The second-order valence-electron chi connectivity index (χ2n) is 5.74. The number of thioether (sulfide) groups is 1. The first-order valence-electron chi connectivity index (χ1n) is 7.44. The Hall–Kier alpha value is -0.730. The number of hydrogen-bond donors (Lipinski definition) is 0. The topological polar surface area (TPSA) is 92.2 Å². The van der Waals surface area contributed by atoms with Gasteiger partial charge in [0.25, 0.3) is 0 Å². The van der Waals surface area contributed by atoms with Gasteiger partial charge in [-0.3, -0.25) is 0 Å². The van der Waals surface area contributed by atoms with Crippen LogP contribution in [-0.4, -0.2) is 12.5 Å². The van der Waals surface area contributed by atoms with Crippen LogP contribution in [0.1, 0.15) is 22.3 Å². The number of aryl methyl sites for hydroxylation is 4. The quantitative estimate of drug-likeness (QED) is 0.552. The molecule has 2 rings (SSSR count). The first-order valence-corrected chi connectivity index (χ1v) is 11.5. The molecule has 1 unspecified atom stereocenters. The van der Waals surface area contributed by atoms with Crippen LogP contribution in [0, 0.1) is 37.9 Å². The summed E-state index contributed by atoms with van der Waals surface area (Å²) < 4.78 is 34.0. The highest BCUT2D eigenvalue weighted by atomic mass is 35.7. The van der Waals surface area contributed by atoms with Crippen molar-refractivity contribution < 1.29 is 28.9 Å². The molecular weight excluding hydrogens is 380 g/mol. The van der Waals surface area contributed by atoms with Gasteiger partial charge in [-0.2, -0.15) is 0 Å². The van der Waals surface area contributed by atoms with Gasteiger partial charge in [-0.25, -0.2) is 18.6 Å². The van der Waals surface area contributed by atoms with E-state index in [9.17, 15) is 0 Å². The summed E-state index contributed by atoms with van der Waals surface area (Å²) in [6, 6.07) is 11.5. The van der Waals surface area contributed by atoms with Crippen LogP contribution in [0.2, 0.25) is 0 Å². The van der Waals surface area contributed by atoms with E-state index in [0.29, 0.717) is 0 Å². The van der Waals surface area contributed by atoms with Crippen LogP contribution in [0.15, 0.2) is 45.0 Å². The first-order chi connectivity index (χ1) is 11.4. The Labute approximate surface area is 159 Å². The summed E-state index contributed by atoms with van der Waals surface area (Å²) in [5, 5.41) is 0. The van der Waals surface area contributed by atoms with Crippen molar-refractivity contribution in [2.45, 2.75) is 42.4 Å². The minimum absolute atomic E-state index is 0.140. The molecule has 0 aliphatic rings. The summed E-state index contributed by atoms with van der Waals surface area (Å²) in [6.07, 6.45) is 4.50. The van der Waals surface area contributed by atoms with Gasteiger partial charge in [-0.15, -0.1) is 22.0 Å². The molecular formula is C18H23ClO4S2. The van der Waals surface area contributed by atoms with Crippen molar-refractivity contribution in [3.63, 3.8) is 0 Å². The van der Waals surface area contributed by atoms with Crippen molar-refractivity contribution in [2.24, 2.45) is 0 Å². The fourth-order valence-corrected chi connectivity index (χ4v) is 5.19. The summed E-state index contributed by atoms with van der Waals surface area (Å²) in [4.78, 5) is 4.35. The largest absolute Gasteiger partial charge is 0.222 e. The summed E-state index contributed by atoms with van der Waals surface area (Å²) in [6.45, 7) is 8.85. The molecule has 0 aliphatic carbocycles. The van der Waals surface area contributed by atoms with Crippen LogP contribution in [0.3, 0.4) is 0 Å². The van der Waals surface area contributed by atoms with E-state index < -0.39 is 10.2 Å². The first kappa shape index (κ1) is 22.3. The predicted molar refractivity (Wildman–Crippen MR) is 93.4 cm³/mol. The standard InChI is InChI=1S/C18H23S2.ClHO4/c1-12-7-8-13(2)17(9-12)20(6)18-11-14(3)16(19-5)10-15(18)4;2-1(3,4)5/h7-11H,1-6H3;(H,2,3,4,5)/q+1;/p-1. The smallest absolute Gasteiger partial charge is 0.163 e. The number of hydrogen-bond acceptors (Lipinski definition) is 5. The molecule has 25 heavy (non-hydrogen) atoms. The summed E-state index contributed by atoms with van der Waals surface area (Å²) in [7, 11) is -4.80. The predicted octanol–water partition coefficient (Wildman–Crippen LogP) is 0.552. The Bertz CT molecular complexity index is 724. The molecule has 138 valence electrons. The van der Waals surface area contributed by atoms with E-state index in [2.05, 4.69) is 70.5 Å². The maximum Gasteiger partial charge on any atom is 0.163 e. The van der Waals surface area contributed by atoms with Crippen molar-refractivity contribution in [3.8, 4) is 0 Å². The molecule has 0 spiro atoms. The van der Waals surface area contributed by atoms with Crippen molar-refractivity contribution in [2.75, 3.05) is 12.5 Å². The van der Waals surface area contributed by atoms with Gasteiger partial charge in [0.1, 0.15) is 6.26 Å². The molecule has 0 aliphatic heterocycles. The normalized spacial score (nSPS) is 12.4. The molecule has 1 atom stereocenters. The Morgan fingerprint density at radius 3 is 1.84 bits per heavy atom. The molecule has 2 aromatic carbocycles. The molecule has 0 amide bonds. The number of halogens is 1. The van der Waals surface area contributed by atoms with Gasteiger partial charge in [0.2, 0.25) is 0 Å². The monoisotopic (exact) mass is 402 g/mol. The van der Waals surface area contributed by atoms with Gasteiger partial charge in [0, 0.05) is 16.0 Å². The number of rotatable bonds is 3. The highest BCUT2D eigenvalue weighted by Gasteiger charge is 2.24. The minimum Gasteiger partial charge on any atom is -0.222 e. The summed E-state index contributed by atoms with van der Waals surface area (Å²) >= 11 is 1.83. The molecule has 2 aromatic rings. The van der Waals surface area contributed by atoms with Crippen molar-refractivity contribution in [1.82, 2.24) is 0 Å².